The number of carbonyl (C=O) groups excluding carboxylic acids is 2. The highest BCUT2D eigenvalue weighted by molar-refractivity contribution is 5.89. The number of amides is 2. The first-order valence-electron chi connectivity index (χ1n) is 13.4. The van der Waals surface area contributed by atoms with E-state index in [1.54, 1.807) is 25.2 Å². The van der Waals surface area contributed by atoms with E-state index in [-0.39, 0.29) is 17.9 Å². The summed E-state index contributed by atoms with van der Waals surface area (Å²) >= 11 is 0. The number of nitrogens with one attached hydrogen (secondary N) is 1. The molecule has 1 heterocycles. The lowest BCUT2D eigenvalue weighted by molar-refractivity contribution is -0.144. The topological polar surface area (TPSA) is 71.1 Å². The van der Waals surface area contributed by atoms with Crippen molar-refractivity contribution in [3.8, 4) is 11.5 Å². The van der Waals surface area contributed by atoms with Crippen LogP contribution in [0.2, 0.25) is 0 Å². The first kappa shape index (κ1) is 28.8. The summed E-state index contributed by atoms with van der Waals surface area (Å²) in [5, 5.41) is 3.08. The number of rotatable bonds is 14. The molecule has 1 atom stereocenters. The fraction of sp³-hybridized carbons (Fsp3) is 0.419. The summed E-state index contributed by atoms with van der Waals surface area (Å²) < 4.78 is 11.0. The van der Waals surface area contributed by atoms with Gasteiger partial charge in [-0.2, -0.15) is 0 Å². The molecule has 1 aliphatic rings. The third-order valence-corrected chi connectivity index (χ3v) is 6.87. The van der Waals surface area contributed by atoms with Crippen molar-refractivity contribution in [1.82, 2.24) is 15.1 Å². The van der Waals surface area contributed by atoms with Crippen molar-refractivity contribution in [2.24, 2.45) is 0 Å². The number of methoxy groups -OCH3 is 2. The van der Waals surface area contributed by atoms with Crippen LogP contribution >= 0.6 is 0 Å². The number of benzene rings is 2. The molecule has 7 heteroatoms. The van der Waals surface area contributed by atoms with Gasteiger partial charge >= 0.3 is 0 Å². The molecule has 7 nitrogen and oxygen atoms in total. The molecule has 0 fully saturated rings. The second-order valence-electron chi connectivity index (χ2n) is 9.39. The van der Waals surface area contributed by atoms with Gasteiger partial charge in [0.05, 0.1) is 14.2 Å². The van der Waals surface area contributed by atoms with Crippen molar-refractivity contribution < 1.29 is 19.1 Å². The zero-order valence-electron chi connectivity index (χ0n) is 23.1. The Bertz CT molecular complexity index is 1070. The van der Waals surface area contributed by atoms with Crippen LogP contribution in [0.3, 0.4) is 0 Å². The van der Waals surface area contributed by atoms with Gasteiger partial charge in [-0.05, 0) is 54.8 Å². The molecule has 204 valence electrons. The zero-order chi connectivity index (χ0) is 27.3. The molecule has 3 rings (SSSR count). The number of ether oxygens (including phenoxy) is 2. The van der Waals surface area contributed by atoms with Gasteiger partial charge in [0.2, 0.25) is 11.8 Å². The average molecular weight is 520 g/mol. The molecule has 0 bridgehead atoms. The van der Waals surface area contributed by atoms with E-state index in [0.717, 1.165) is 31.5 Å². The van der Waals surface area contributed by atoms with Gasteiger partial charge in [0.15, 0.2) is 0 Å². The maximum atomic E-state index is 13.9. The molecule has 0 saturated heterocycles. The molecule has 2 aromatic carbocycles. The van der Waals surface area contributed by atoms with Crippen molar-refractivity contribution in [3.05, 3.63) is 84.1 Å². The van der Waals surface area contributed by atoms with E-state index in [1.165, 1.54) is 0 Å². The summed E-state index contributed by atoms with van der Waals surface area (Å²) in [4.78, 5) is 31.8. The summed E-state index contributed by atoms with van der Waals surface area (Å²) in [5.41, 5.74) is 1.66. The largest absolute Gasteiger partial charge is 0.497 e. The number of carbonyl (C=O) groups is 2. The molecular formula is C31H41N3O4. The van der Waals surface area contributed by atoms with Crippen molar-refractivity contribution in [1.29, 1.82) is 0 Å². The molecule has 2 aromatic rings. The molecule has 0 aromatic heterocycles. The van der Waals surface area contributed by atoms with Crippen LogP contribution in [0.4, 0.5) is 0 Å². The van der Waals surface area contributed by atoms with Gasteiger partial charge in [0, 0.05) is 38.2 Å². The second kappa shape index (κ2) is 14.9. The lowest BCUT2D eigenvalue weighted by Gasteiger charge is -2.37. The Morgan fingerprint density at radius 2 is 1.68 bits per heavy atom. The third kappa shape index (κ3) is 7.88. The highest BCUT2D eigenvalue weighted by atomic mass is 16.5. The van der Waals surface area contributed by atoms with Gasteiger partial charge < -0.3 is 24.6 Å². The van der Waals surface area contributed by atoms with Gasteiger partial charge in [-0.1, -0.05) is 56.3 Å². The molecule has 1 N–H and O–H groups in total. The van der Waals surface area contributed by atoms with Crippen molar-refractivity contribution in [2.45, 2.75) is 58.2 Å². The molecule has 2 amide bonds. The lowest BCUT2D eigenvalue weighted by atomic mass is 9.98. The molecule has 38 heavy (non-hydrogen) atoms. The SMILES string of the molecule is CCC(CC)N(C(=O)CCCN1C=CC=CC1)C(C(=O)NCc1ccccc1)c1cc(OC)cc(OC)c1. The monoisotopic (exact) mass is 519 g/mol. The van der Waals surface area contributed by atoms with Crippen LogP contribution in [0.25, 0.3) is 0 Å². The maximum absolute atomic E-state index is 13.9. The Morgan fingerprint density at radius 3 is 2.26 bits per heavy atom. The van der Waals surface area contributed by atoms with E-state index >= 15 is 0 Å². The number of nitrogens with zero attached hydrogens (tertiary/aromatic N) is 2. The summed E-state index contributed by atoms with van der Waals surface area (Å²) in [7, 11) is 3.16. The predicted molar refractivity (Wildman–Crippen MR) is 151 cm³/mol. The Labute approximate surface area is 227 Å². The van der Waals surface area contributed by atoms with E-state index in [9.17, 15) is 9.59 Å². The zero-order valence-corrected chi connectivity index (χ0v) is 23.1. The van der Waals surface area contributed by atoms with Gasteiger partial charge in [-0.3, -0.25) is 9.59 Å². The van der Waals surface area contributed by atoms with Crippen LogP contribution in [0.15, 0.2) is 73.0 Å². The van der Waals surface area contributed by atoms with Gasteiger partial charge in [-0.15, -0.1) is 0 Å². The van der Waals surface area contributed by atoms with Gasteiger partial charge in [-0.25, -0.2) is 0 Å². The Morgan fingerprint density at radius 1 is 1.00 bits per heavy atom. The average Bonchev–Trinajstić information content (AvgIpc) is 2.96. The lowest BCUT2D eigenvalue weighted by Crippen LogP contribution is -2.48. The van der Waals surface area contributed by atoms with E-state index in [1.807, 2.05) is 60.8 Å². The Balaban J connectivity index is 1.92. The summed E-state index contributed by atoms with van der Waals surface area (Å²) in [6, 6.07) is 14.3. The quantitative estimate of drug-likeness (QED) is 0.369. The van der Waals surface area contributed by atoms with Crippen LogP contribution in [-0.4, -0.2) is 55.0 Å². The van der Waals surface area contributed by atoms with E-state index in [4.69, 9.17) is 9.47 Å². The standard InChI is InChI=1S/C31H41N3O4/c1-5-26(6-2)34(29(35)16-13-19-33-17-11-8-12-18-33)30(25-20-27(37-3)22-28(21-25)38-4)31(36)32-23-24-14-9-7-10-15-24/h7-12,14-15,17,20-22,26,30H,5-6,13,16,18-19,23H2,1-4H3,(H,32,36). The molecule has 0 saturated carbocycles. The Hall–Kier alpha value is -3.74. The molecule has 0 radical (unpaired) electrons. The first-order valence-corrected chi connectivity index (χ1v) is 13.4. The maximum Gasteiger partial charge on any atom is 0.247 e. The number of hydrogen-bond acceptors (Lipinski definition) is 5. The minimum atomic E-state index is -0.821. The summed E-state index contributed by atoms with van der Waals surface area (Å²) in [6.45, 7) is 6.11. The minimum Gasteiger partial charge on any atom is -0.497 e. The van der Waals surface area contributed by atoms with E-state index in [0.29, 0.717) is 36.4 Å². The van der Waals surface area contributed by atoms with Crippen molar-refractivity contribution in [2.75, 3.05) is 27.3 Å². The predicted octanol–water partition coefficient (Wildman–Crippen LogP) is 5.24. The number of allylic oxidation sites excluding steroid dienone is 2. The number of hydrogen-bond donors (Lipinski definition) is 1. The summed E-state index contributed by atoms with van der Waals surface area (Å²) in [5.74, 6) is 0.884. The molecule has 0 aliphatic carbocycles. The van der Waals surface area contributed by atoms with Crippen LogP contribution in [0.5, 0.6) is 11.5 Å². The van der Waals surface area contributed by atoms with E-state index in [2.05, 4.69) is 30.1 Å². The fourth-order valence-electron chi connectivity index (χ4n) is 4.78. The highest BCUT2D eigenvalue weighted by Gasteiger charge is 2.35. The highest BCUT2D eigenvalue weighted by Crippen LogP contribution is 2.33. The van der Waals surface area contributed by atoms with Crippen LogP contribution in [0, 0.1) is 0 Å². The fourth-order valence-corrected chi connectivity index (χ4v) is 4.78. The third-order valence-electron chi connectivity index (χ3n) is 6.87. The molecule has 1 unspecified atom stereocenters. The minimum absolute atomic E-state index is 0.0307. The van der Waals surface area contributed by atoms with Gasteiger partial charge in [0.1, 0.15) is 17.5 Å². The molecular weight excluding hydrogens is 478 g/mol. The van der Waals surface area contributed by atoms with Crippen LogP contribution < -0.4 is 14.8 Å². The van der Waals surface area contributed by atoms with Gasteiger partial charge in [0.25, 0.3) is 0 Å². The first-order chi connectivity index (χ1) is 18.5. The Kier molecular flexibility index (Phi) is 11.3. The van der Waals surface area contributed by atoms with E-state index < -0.39 is 6.04 Å². The van der Waals surface area contributed by atoms with Crippen molar-refractivity contribution >= 4 is 11.8 Å². The van der Waals surface area contributed by atoms with Crippen LogP contribution in [0.1, 0.15) is 56.7 Å². The molecule has 1 aliphatic heterocycles. The molecule has 0 spiro atoms. The smallest absolute Gasteiger partial charge is 0.247 e. The van der Waals surface area contributed by atoms with Crippen LogP contribution in [-0.2, 0) is 16.1 Å². The van der Waals surface area contributed by atoms with Crippen molar-refractivity contribution in [3.63, 3.8) is 0 Å². The second-order valence-corrected chi connectivity index (χ2v) is 9.39. The summed E-state index contributed by atoms with van der Waals surface area (Å²) in [6.07, 6.45) is 10.7. The normalized spacial score (nSPS) is 13.3.